The van der Waals surface area contributed by atoms with Crippen LogP contribution in [0.4, 0.5) is 0 Å². The van der Waals surface area contributed by atoms with Gasteiger partial charge in [-0.1, -0.05) is 29.5 Å². The number of rotatable bonds is 3. The van der Waals surface area contributed by atoms with Gasteiger partial charge in [-0.05, 0) is 24.0 Å². The van der Waals surface area contributed by atoms with Gasteiger partial charge in [-0.15, -0.1) is 5.10 Å². The Bertz CT molecular complexity index is 835. The highest BCUT2D eigenvalue weighted by molar-refractivity contribution is 5.76. The lowest BCUT2D eigenvalue weighted by Gasteiger charge is -2.41. The number of aromatic nitrogens is 3. The van der Waals surface area contributed by atoms with Crippen molar-refractivity contribution in [2.75, 3.05) is 26.2 Å². The Morgan fingerprint density at radius 1 is 1.22 bits per heavy atom. The molecular weight excluding hydrogens is 342 g/mol. The molecule has 1 fully saturated rings. The maximum absolute atomic E-state index is 12.7. The van der Waals surface area contributed by atoms with E-state index in [0.29, 0.717) is 13.0 Å². The molecule has 27 heavy (non-hydrogen) atoms. The highest BCUT2D eigenvalue weighted by atomic mass is 16.5. The molecule has 7 nitrogen and oxygen atoms in total. The molecule has 1 aromatic heterocycles. The SMILES string of the molecule is O=C(CCN1CC[C@H]2[C@H](C1)OCc1cnnn12)N1CCc2ccccc2C1. The summed E-state index contributed by atoms with van der Waals surface area (Å²) >= 11 is 0. The smallest absolute Gasteiger partial charge is 0.224 e. The van der Waals surface area contributed by atoms with Crippen molar-refractivity contribution in [3.05, 3.63) is 47.3 Å². The van der Waals surface area contributed by atoms with Crippen LogP contribution in [0.2, 0.25) is 0 Å². The monoisotopic (exact) mass is 367 g/mol. The molecule has 2 atom stereocenters. The zero-order valence-corrected chi connectivity index (χ0v) is 15.5. The fourth-order valence-electron chi connectivity index (χ4n) is 4.58. The van der Waals surface area contributed by atoms with E-state index < -0.39 is 0 Å². The molecule has 0 bridgehead atoms. The van der Waals surface area contributed by atoms with Crippen LogP contribution >= 0.6 is 0 Å². The van der Waals surface area contributed by atoms with Crippen molar-refractivity contribution in [2.24, 2.45) is 0 Å². The number of benzene rings is 1. The summed E-state index contributed by atoms with van der Waals surface area (Å²) in [7, 11) is 0. The van der Waals surface area contributed by atoms with E-state index in [1.165, 1.54) is 11.1 Å². The van der Waals surface area contributed by atoms with Crippen molar-refractivity contribution in [2.45, 2.75) is 44.6 Å². The van der Waals surface area contributed by atoms with Crippen LogP contribution in [0.1, 0.15) is 35.7 Å². The lowest BCUT2D eigenvalue weighted by atomic mass is 9.99. The summed E-state index contributed by atoms with van der Waals surface area (Å²) in [4.78, 5) is 17.1. The molecule has 3 aliphatic heterocycles. The lowest BCUT2D eigenvalue weighted by Crippen LogP contribution is -2.49. The standard InChI is InChI=1S/C20H25N5O2/c26-20(24-10-5-15-3-1-2-4-16(15)12-24)7-9-23-8-6-18-19(13-23)27-14-17-11-21-22-25(17)18/h1-4,11,18-19H,5-10,12-14H2/t18-,19-/m0/s1. The Balaban J connectivity index is 1.15. The first-order valence-corrected chi connectivity index (χ1v) is 9.85. The molecule has 142 valence electrons. The van der Waals surface area contributed by atoms with Crippen LogP contribution < -0.4 is 0 Å². The van der Waals surface area contributed by atoms with E-state index in [1.807, 2.05) is 9.58 Å². The molecule has 3 aliphatic rings. The van der Waals surface area contributed by atoms with Crippen molar-refractivity contribution in [1.82, 2.24) is 24.8 Å². The minimum Gasteiger partial charge on any atom is -0.368 e. The van der Waals surface area contributed by atoms with E-state index in [0.717, 1.165) is 51.3 Å². The van der Waals surface area contributed by atoms with Gasteiger partial charge in [0.25, 0.3) is 0 Å². The molecule has 0 aliphatic carbocycles. The fraction of sp³-hybridized carbons (Fsp3) is 0.550. The van der Waals surface area contributed by atoms with Gasteiger partial charge < -0.3 is 14.5 Å². The Kier molecular flexibility index (Phi) is 4.41. The maximum Gasteiger partial charge on any atom is 0.224 e. The summed E-state index contributed by atoms with van der Waals surface area (Å²) < 4.78 is 8.05. The number of carbonyl (C=O) groups is 1. The molecule has 1 aromatic carbocycles. The van der Waals surface area contributed by atoms with Crippen LogP contribution in [-0.2, 0) is 29.1 Å². The molecule has 1 amide bonds. The largest absolute Gasteiger partial charge is 0.368 e. The topological polar surface area (TPSA) is 63.5 Å². The highest BCUT2D eigenvalue weighted by Crippen LogP contribution is 2.30. The van der Waals surface area contributed by atoms with Crippen LogP contribution in [0.15, 0.2) is 30.5 Å². The van der Waals surface area contributed by atoms with Gasteiger partial charge in [-0.25, -0.2) is 4.68 Å². The van der Waals surface area contributed by atoms with Crippen molar-refractivity contribution >= 4 is 5.91 Å². The van der Waals surface area contributed by atoms with Gasteiger partial charge >= 0.3 is 0 Å². The zero-order chi connectivity index (χ0) is 18.2. The number of carbonyl (C=O) groups excluding carboxylic acids is 1. The van der Waals surface area contributed by atoms with Crippen molar-refractivity contribution in [3.63, 3.8) is 0 Å². The number of ether oxygens (including phenoxy) is 1. The number of amides is 1. The average molecular weight is 367 g/mol. The minimum atomic E-state index is 0.143. The van der Waals surface area contributed by atoms with E-state index in [-0.39, 0.29) is 18.1 Å². The third-order valence-electron chi connectivity index (χ3n) is 6.14. The summed E-state index contributed by atoms with van der Waals surface area (Å²) in [5, 5.41) is 8.24. The highest BCUT2D eigenvalue weighted by Gasteiger charge is 2.36. The Hall–Kier alpha value is -2.25. The molecule has 7 heteroatoms. The van der Waals surface area contributed by atoms with Crippen LogP contribution in [0.25, 0.3) is 0 Å². The van der Waals surface area contributed by atoms with E-state index >= 15 is 0 Å². The van der Waals surface area contributed by atoms with Crippen molar-refractivity contribution < 1.29 is 9.53 Å². The second kappa shape index (κ2) is 7.05. The molecule has 0 unspecified atom stereocenters. The van der Waals surface area contributed by atoms with Gasteiger partial charge in [0.1, 0.15) is 0 Å². The molecule has 0 radical (unpaired) electrons. The third kappa shape index (κ3) is 3.26. The van der Waals surface area contributed by atoms with Crippen LogP contribution in [0.3, 0.4) is 0 Å². The van der Waals surface area contributed by atoms with E-state index in [1.54, 1.807) is 6.20 Å². The summed E-state index contributed by atoms with van der Waals surface area (Å²) in [6, 6.07) is 8.73. The first-order valence-electron chi connectivity index (χ1n) is 9.85. The quantitative estimate of drug-likeness (QED) is 0.821. The first-order chi connectivity index (χ1) is 13.3. The zero-order valence-electron chi connectivity index (χ0n) is 15.5. The average Bonchev–Trinajstić information content (AvgIpc) is 3.20. The van der Waals surface area contributed by atoms with Gasteiger partial charge in [0.15, 0.2) is 0 Å². The summed E-state index contributed by atoms with van der Waals surface area (Å²) in [5.74, 6) is 0.259. The van der Waals surface area contributed by atoms with Gasteiger partial charge in [0, 0.05) is 39.1 Å². The van der Waals surface area contributed by atoms with Gasteiger partial charge in [0.05, 0.1) is 30.6 Å². The molecule has 0 N–H and O–H groups in total. The Morgan fingerprint density at radius 2 is 2.11 bits per heavy atom. The first kappa shape index (κ1) is 16.9. The predicted octanol–water partition coefficient (Wildman–Crippen LogP) is 1.40. The van der Waals surface area contributed by atoms with Crippen LogP contribution in [0, 0.1) is 0 Å². The number of likely N-dealkylation sites (tertiary alicyclic amines) is 1. The normalized spacial score (nSPS) is 24.8. The predicted molar refractivity (Wildman–Crippen MR) is 98.9 cm³/mol. The van der Waals surface area contributed by atoms with Crippen molar-refractivity contribution in [1.29, 1.82) is 0 Å². The molecule has 0 saturated carbocycles. The molecular formula is C20H25N5O2. The number of hydrogen-bond acceptors (Lipinski definition) is 5. The van der Waals surface area contributed by atoms with Crippen LogP contribution in [-0.4, -0.2) is 63.0 Å². The van der Waals surface area contributed by atoms with Crippen molar-refractivity contribution in [3.8, 4) is 0 Å². The molecule has 0 spiro atoms. The van der Waals surface area contributed by atoms with Crippen LogP contribution in [0.5, 0.6) is 0 Å². The molecule has 5 rings (SSSR count). The summed E-state index contributed by atoms with van der Waals surface area (Å²) in [6.07, 6.45) is 4.46. The summed E-state index contributed by atoms with van der Waals surface area (Å²) in [5.41, 5.74) is 3.73. The van der Waals surface area contributed by atoms with Gasteiger partial charge in [-0.3, -0.25) is 4.79 Å². The number of fused-ring (bicyclic) bond motifs is 4. The van der Waals surface area contributed by atoms with E-state index in [2.05, 4.69) is 39.5 Å². The Labute approximate surface area is 158 Å². The maximum atomic E-state index is 12.7. The van der Waals surface area contributed by atoms with Gasteiger partial charge in [0.2, 0.25) is 5.91 Å². The lowest BCUT2D eigenvalue weighted by molar-refractivity contribution is -0.133. The molecule has 1 saturated heterocycles. The number of hydrogen-bond donors (Lipinski definition) is 0. The fourth-order valence-corrected chi connectivity index (χ4v) is 4.58. The third-order valence-corrected chi connectivity index (χ3v) is 6.14. The second-order valence-corrected chi connectivity index (χ2v) is 7.76. The Morgan fingerprint density at radius 3 is 3.04 bits per heavy atom. The second-order valence-electron chi connectivity index (χ2n) is 7.76. The summed E-state index contributed by atoms with van der Waals surface area (Å²) in [6.45, 7) is 4.79. The van der Waals surface area contributed by atoms with Gasteiger partial charge in [-0.2, -0.15) is 0 Å². The molecule has 2 aromatic rings. The van der Waals surface area contributed by atoms with E-state index in [9.17, 15) is 4.79 Å². The number of piperidine rings is 1. The van der Waals surface area contributed by atoms with E-state index in [4.69, 9.17) is 4.74 Å². The number of nitrogens with zero attached hydrogens (tertiary/aromatic N) is 5. The molecule has 4 heterocycles. The minimum absolute atomic E-state index is 0.143.